The smallest absolute Gasteiger partial charge is 0.243 e. The SMILES string of the molecule is Cc1ccc(S(=O)(=O)N2CCC(C(=O)NC(c3ccc4c(c3)OCCO4)C(C)C)CC2)cc1. The third-order valence-electron chi connectivity index (χ3n) is 6.37. The van der Waals surface area contributed by atoms with Crippen molar-refractivity contribution in [3.63, 3.8) is 0 Å². The molecule has 2 aliphatic heterocycles. The Morgan fingerprint density at radius 3 is 2.27 bits per heavy atom. The number of piperidine rings is 1. The number of ether oxygens (including phenoxy) is 2. The second-order valence-electron chi connectivity index (χ2n) is 9.12. The Bertz CT molecular complexity index is 1090. The van der Waals surface area contributed by atoms with Gasteiger partial charge in [-0.2, -0.15) is 4.31 Å². The van der Waals surface area contributed by atoms with Gasteiger partial charge in [-0.25, -0.2) is 8.42 Å². The van der Waals surface area contributed by atoms with Crippen molar-refractivity contribution in [1.82, 2.24) is 9.62 Å². The van der Waals surface area contributed by atoms with Crippen LogP contribution in [0.25, 0.3) is 0 Å². The van der Waals surface area contributed by atoms with Crippen LogP contribution in [-0.2, 0) is 14.8 Å². The third kappa shape index (κ3) is 5.17. The van der Waals surface area contributed by atoms with Gasteiger partial charge < -0.3 is 14.8 Å². The fourth-order valence-corrected chi connectivity index (χ4v) is 5.85. The first-order valence-corrected chi connectivity index (χ1v) is 13.0. The van der Waals surface area contributed by atoms with E-state index in [2.05, 4.69) is 19.2 Å². The van der Waals surface area contributed by atoms with Gasteiger partial charge in [0.05, 0.1) is 10.9 Å². The van der Waals surface area contributed by atoms with Crippen LogP contribution in [0.4, 0.5) is 0 Å². The van der Waals surface area contributed by atoms with Gasteiger partial charge in [-0.3, -0.25) is 4.79 Å². The predicted octanol–water partition coefficient (Wildman–Crippen LogP) is 3.68. The van der Waals surface area contributed by atoms with E-state index in [0.717, 1.165) is 16.9 Å². The number of nitrogens with zero attached hydrogens (tertiary/aromatic N) is 1. The average Bonchev–Trinajstić information content (AvgIpc) is 2.82. The van der Waals surface area contributed by atoms with Gasteiger partial charge in [0, 0.05) is 19.0 Å². The largest absolute Gasteiger partial charge is 0.486 e. The van der Waals surface area contributed by atoms with E-state index in [-0.39, 0.29) is 23.8 Å². The maximum absolute atomic E-state index is 13.1. The number of benzene rings is 2. The number of sulfonamides is 1. The molecule has 4 rings (SSSR count). The third-order valence-corrected chi connectivity index (χ3v) is 8.29. The van der Waals surface area contributed by atoms with E-state index in [0.29, 0.717) is 49.8 Å². The number of amides is 1. The van der Waals surface area contributed by atoms with E-state index in [9.17, 15) is 13.2 Å². The fraction of sp³-hybridized carbons (Fsp3) is 0.480. The molecular formula is C25H32N2O5S. The lowest BCUT2D eigenvalue weighted by Gasteiger charge is -2.32. The second-order valence-corrected chi connectivity index (χ2v) is 11.1. The minimum Gasteiger partial charge on any atom is -0.486 e. The highest BCUT2D eigenvalue weighted by Gasteiger charge is 2.33. The lowest BCUT2D eigenvalue weighted by atomic mass is 9.92. The molecule has 0 aromatic heterocycles. The molecular weight excluding hydrogens is 440 g/mol. The maximum Gasteiger partial charge on any atom is 0.243 e. The second kappa shape index (κ2) is 9.73. The minimum absolute atomic E-state index is 0.0315. The van der Waals surface area contributed by atoms with Crippen molar-refractivity contribution < 1.29 is 22.7 Å². The fourth-order valence-electron chi connectivity index (χ4n) is 4.38. The van der Waals surface area contributed by atoms with Crippen LogP contribution in [0.1, 0.15) is 43.9 Å². The van der Waals surface area contributed by atoms with Gasteiger partial charge in [-0.1, -0.05) is 37.6 Å². The van der Waals surface area contributed by atoms with Crippen LogP contribution >= 0.6 is 0 Å². The maximum atomic E-state index is 13.1. The molecule has 2 aliphatic rings. The number of nitrogens with one attached hydrogen (secondary N) is 1. The molecule has 0 radical (unpaired) electrons. The van der Waals surface area contributed by atoms with Crippen LogP contribution in [0.5, 0.6) is 11.5 Å². The highest BCUT2D eigenvalue weighted by Crippen LogP contribution is 2.35. The first-order valence-electron chi connectivity index (χ1n) is 11.5. The highest BCUT2D eigenvalue weighted by atomic mass is 32.2. The Kier molecular flexibility index (Phi) is 6.95. The molecule has 1 fully saturated rings. The van der Waals surface area contributed by atoms with Crippen molar-refractivity contribution in [3.8, 4) is 11.5 Å². The molecule has 0 aliphatic carbocycles. The summed E-state index contributed by atoms with van der Waals surface area (Å²) in [6, 6.07) is 12.5. The molecule has 1 N–H and O–H groups in total. The zero-order valence-electron chi connectivity index (χ0n) is 19.4. The van der Waals surface area contributed by atoms with Crippen molar-refractivity contribution >= 4 is 15.9 Å². The number of fused-ring (bicyclic) bond motifs is 1. The molecule has 2 heterocycles. The number of aryl methyl sites for hydroxylation is 1. The number of hydrogen-bond acceptors (Lipinski definition) is 5. The molecule has 1 amide bonds. The molecule has 0 saturated carbocycles. The predicted molar refractivity (Wildman–Crippen MR) is 126 cm³/mol. The van der Waals surface area contributed by atoms with E-state index in [1.165, 1.54) is 4.31 Å². The van der Waals surface area contributed by atoms with Gasteiger partial charge in [-0.15, -0.1) is 0 Å². The summed E-state index contributed by atoms with van der Waals surface area (Å²) < 4.78 is 38.7. The van der Waals surface area contributed by atoms with Gasteiger partial charge >= 0.3 is 0 Å². The summed E-state index contributed by atoms with van der Waals surface area (Å²) in [4.78, 5) is 13.4. The lowest BCUT2D eigenvalue weighted by Crippen LogP contribution is -2.44. The van der Waals surface area contributed by atoms with Crippen LogP contribution in [0.3, 0.4) is 0 Å². The monoisotopic (exact) mass is 472 g/mol. The number of hydrogen-bond donors (Lipinski definition) is 1. The summed E-state index contributed by atoms with van der Waals surface area (Å²) in [5.74, 6) is 1.36. The van der Waals surface area contributed by atoms with Crippen molar-refractivity contribution in [1.29, 1.82) is 0 Å². The van der Waals surface area contributed by atoms with Crippen molar-refractivity contribution in [2.45, 2.75) is 44.6 Å². The Morgan fingerprint density at radius 2 is 1.64 bits per heavy atom. The van der Waals surface area contributed by atoms with E-state index in [1.54, 1.807) is 24.3 Å². The van der Waals surface area contributed by atoms with Crippen LogP contribution in [-0.4, -0.2) is 44.9 Å². The zero-order chi connectivity index (χ0) is 23.6. The van der Waals surface area contributed by atoms with E-state index >= 15 is 0 Å². The molecule has 0 bridgehead atoms. The summed E-state index contributed by atoms with van der Waals surface area (Å²) in [5, 5.41) is 3.20. The van der Waals surface area contributed by atoms with Crippen molar-refractivity contribution in [2.75, 3.05) is 26.3 Å². The molecule has 1 atom stereocenters. The standard InChI is InChI=1S/C25H32N2O5S/c1-17(2)24(20-6-9-22-23(16-20)32-15-14-31-22)26-25(28)19-10-12-27(13-11-19)33(29,30)21-7-4-18(3)5-8-21/h4-9,16-17,19,24H,10-15H2,1-3H3,(H,26,28). The van der Waals surface area contributed by atoms with Crippen LogP contribution in [0, 0.1) is 18.8 Å². The van der Waals surface area contributed by atoms with E-state index in [4.69, 9.17) is 9.47 Å². The minimum atomic E-state index is -3.54. The van der Waals surface area contributed by atoms with Crippen LogP contribution in [0.15, 0.2) is 47.4 Å². The Balaban J connectivity index is 1.40. The molecule has 2 aromatic rings. The van der Waals surface area contributed by atoms with Crippen LogP contribution in [0.2, 0.25) is 0 Å². The van der Waals surface area contributed by atoms with Gasteiger partial charge in [0.15, 0.2) is 11.5 Å². The summed E-state index contributed by atoms with van der Waals surface area (Å²) >= 11 is 0. The topological polar surface area (TPSA) is 84.9 Å². The summed E-state index contributed by atoms with van der Waals surface area (Å²) in [6.07, 6.45) is 1.01. The first kappa shape index (κ1) is 23.6. The van der Waals surface area contributed by atoms with Gasteiger partial charge in [0.2, 0.25) is 15.9 Å². The molecule has 8 heteroatoms. The number of carbonyl (C=O) groups excluding carboxylic acids is 1. The highest BCUT2D eigenvalue weighted by molar-refractivity contribution is 7.89. The Morgan fingerprint density at radius 1 is 1.00 bits per heavy atom. The molecule has 2 aromatic carbocycles. The number of rotatable bonds is 6. The molecule has 1 saturated heterocycles. The average molecular weight is 473 g/mol. The van der Waals surface area contributed by atoms with Crippen molar-refractivity contribution in [3.05, 3.63) is 53.6 Å². The van der Waals surface area contributed by atoms with Crippen molar-refractivity contribution in [2.24, 2.45) is 11.8 Å². The van der Waals surface area contributed by atoms with Gasteiger partial charge in [0.1, 0.15) is 13.2 Å². The summed E-state index contributed by atoms with van der Waals surface area (Å²) in [7, 11) is -3.54. The van der Waals surface area contributed by atoms with E-state index < -0.39 is 10.0 Å². The molecule has 7 nitrogen and oxygen atoms in total. The molecule has 33 heavy (non-hydrogen) atoms. The van der Waals surface area contributed by atoms with E-state index in [1.807, 2.05) is 25.1 Å². The summed E-state index contributed by atoms with van der Waals surface area (Å²) in [5.41, 5.74) is 1.99. The lowest BCUT2D eigenvalue weighted by molar-refractivity contribution is -0.127. The Hall–Kier alpha value is -2.58. The number of carbonyl (C=O) groups is 1. The normalized spacial score (nSPS) is 18.2. The zero-order valence-corrected chi connectivity index (χ0v) is 20.2. The molecule has 1 unspecified atom stereocenters. The quantitative estimate of drug-likeness (QED) is 0.693. The Labute approximate surface area is 196 Å². The summed E-state index contributed by atoms with van der Waals surface area (Å²) in [6.45, 7) is 7.79. The first-order chi connectivity index (χ1) is 15.8. The van der Waals surface area contributed by atoms with Gasteiger partial charge in [-0.05, 0) is 55.5 Å². The van der Waals surface area contributed by atoms with Crippen LogP contribution < -0.4 is 14.8 Å². The molecule has 0 spiro atoms. The molecule has 178 valence electrons. The van der Waals surface area contributed by atoms with Gasteiger partial charge in [0.25, 0.3) is 0 Å².